The van der Waals surface area contributed by atoms with Gasteiger partial charge in [-0.2, -0.15) is 5.10 Å². The lowest BCUT2D eigenvalue weighted by molar-refractivity contribution is 0.491. The minimum Gasteiger partial charge on any atom is -0.459 e. The Morgan fingerprint density at radius 3 is 2.70 bits per heavy atom. The van der Waals surface area contributed by atoms with E-state index in [1.807, 2.05) is 54.3 Å². The highest BCUT2D eigenvalue weighted by Gasteiger charge is 2.09. The van der Waals surface area contributed by atoms with Crippen molar-refractivity contribution in [3.8, 4) is 11.3 Å². The van der Waals surface area contributed by atoms with Gasteiger partial charge in [0.25, 0.3) is 0 Å². The predicted octanol–water partition coefficient (Wildman–Crippen LogP) is 3.21. The lowest BCUT2D eigenvalue weighted by atomic mass is 10.2. The van der Waals surface area contributed by atoms with Crippen molar-refractivity contribution in [2.45, 2.75) is 19.5 Å². The van der Waals surface area contributed by atoms with Gasteiger partial charge >= 0.3 is 0 Å². The highest BCUT2D eigenvalue weighted by molar-refractivity contribution is 5.55. The summed E-state index contributed by atoms with van der Waals surface area (Å²) in [6.07, 6.45) is 3.80. The maximum atomic E-state index is 5.80. The van der Waals surface area contributed by atoms with Crippen LogP contribution in [0.25, 0.3) is 11.3 Å². The second-order valence-corrected chi connectivity index (χ2v) is 4.90. The number of nitrogens with zero attached hydrogens (tertiary/aromatic N) is 2. The van der Waals surface area contributed by atoms with Gasteiger partial charge in [-0.3, -0.25) is 4.68 Å². The molecule has 102 valence electrons. The largest absolute Gasteiger partial charge is 0.459 e. The van der Waals surface area contributed by atoms with Crippen molar-refractivity contribution in [2.75, 3.05) is 0 Å². The van der Waals surface area contributed by atoms with E-state index in [0.717, 1.165) is 23.6 Å². The van der Waals surface area contributed by atoms with Crippen LogP contribution in [-0.2, 0) is 6.54 Å². The molecule has 3 aromatic rings. The van der Waals surface area contributed by atoms with Crippen LogP contribution in [0.4, 0.5) is 0 Å². The second kappa shape index (κ2) is 5.35. The molecule has 4 heteroatoms. The lowest BCUT2D eigenvalue weighted by Crippen LogP contribution is -2.02. The Morgan fingerprint density at radius 1 is 1.20 bits per heavy atom. The van der Waals surface area contributed by atoms with Crippen molar-refractivity contribution in [2.24, 2.45) is 5.73 Å². The molecule has 0 radical (unpaired) electrons. The van der Waals surface area contributed by atoms with Crippen LogP contribution in [0.5, 0.6) is 0 Å². The van der Waals surface area contributed by atoms with Crippen LogP contribution in [0.2, 0.25) is 0 Å². The number of benzene rings is 1. The summed E-state index contributed by atoms with van der Waals surface area (Å²) in [5.74, 6) is 1.59. The average Bonchev–Trinajstić information content (AvgIpc) is 3.08. The summed E-state index contributed by atoms with van der Waals surface area (Å²) in [6, 6.07) is 14.0. The summed E-state index contributed by atoms with van der Waals surface area (Å²) in [5, 5.41) is 4.37. The SMILES string of the molecule is CC(N)c1ccc(-c2cnn(Cc3ccccc3)c2)o1. The molecule has 4 nitrogen and oxygen atoms in total. The first-order chi connectivity index (χ1) is 9.72. The van der Waals surface area contributed by atoms with Crippen molar-refractivity contribution >= 4 is 0 Å². The molecule has 0 aliphatic heterocycles. The van der Waals surface area contributed by atoms with E-state index in [2.05, 4.69) is 17.2 Å². The van der Waals surface area contributed by atoms with Crippen molar-refractivity contribution in [3.05, 3.63) is 66.2 Å². The summed E-state index contributed by atoms with van der Waals surface area (Å²) in [7, 11) is 0. The van der Waals surface area contributed by atoms with Crippen molar-refractivity contribution in [1.29, 1.82) is 0 Å². The normalized spacial score (nSPS) is 12.5. The molecule has 2 N–H and O–H groups in total. The van der Waals surface area contributed by atoms with Crippen LogP contribution in [0, 0.1) is 0 Å². The molecular weight excluding hydrogens is 250 g/mol. The summed E-state index contributed by atoms with van der Waals surface area (Å²) < 4.78 is 7.62. The van der Waals surface area contributed by atoms with Crippen LogP contribution in [0.3, 0.4) is 0 Å². The molecule has 0 aliphatic carbocycles. The van der Waals surface area contributed by atoms with Crippen LogP contribution in [0.1, 0.15) is 24.3 Å². The van der Waals surface area contributed by atoms with Gasteiger partial charge in [0.1, 0.15) is 11.5 Å². The Bertz CT molecular complexity index is 683. The van der Waals surface area contributed by atoms with Crippen molar-refractivity contribution in [3.63, 3.8) is 0 Å². The van der Waals surface area contributed by atoms with Gasteiger partial charge < -0.3 is 10.2 Å². The molecule has 1 atom stereocenters. The molecule has 0 fully saturated rings. The van der Waals surface area contributed by atoms with E-state index in [1.54, 1.807) is 0 Å². The Labute approximate surface area is 117 Å². The Morgan fingerprint density at radius 2 is 2.00 bits per heavy atom. The fourth-order valence-electron chi connectivity index (χ4n) is 2.10. The number of hydrogen-bond donors (Lipinski definition) is 1. The topological polar surface area (TPSA) is 57.0 Å². The minimum atomic E-state index is -0.0943. The first kappa shape index (κ1) is 12.7. The van der Waals surface area contributed by atoms with Crippen molar-refractivity contribution < 1.29 is 4.42 Å². The number of rotatable bonds is 4. The van der Waals surface area contributed by atoms with Crippen molar-refractivity contribution in [1.82, 2.24) is 9.78 Å². The highest BCUT2D eigenvalue weighted by Crippen LogP contribution is 2.24. The molecule has 2 heterocycles. The zero-order chi connectivity index (χ0) is 13.9. The van der Waals surface area contributed by atoms with Gasteiger partial charge in [-0.25, -0.2) is 0 Å². The summed E-state index contributed by atoms with van der Waals surface area (Å²) >= 11 is 0. The van der Waals surface area contributed by atoms with Gasteiger partial charge in [-0.05, 0) is 24.6 Å². The van der Waals surface area contributed by atoms with Gasteiger partial charge in [-0.1, -0.05) is 30.3 Å². The molecule has 20 heavy (non-hydrogen) atoms. The maximum absolute atomic E-state index is 5.80. The van der Waals surface area contributed by atoms with E-state index < -0.39 is 0 Å². The van der Waals surface area contributed by atoms with E-state index in [9.17, 15) is 0 Å². The van der Waals surface area contributed by atoms with E-state index in [-0.39, 0.29) is 6.04 Å². The second-order valence-electron chi connectivity index (χ2n) is 4.90. The Balaban J connectivity index is 1.79. The van der Waals surface area contributed by atoms with Crippen LogP contribution >= 0.6 is 0 Å². The van der Waals surface area contributed by atoms with Gasteiger partial charge in [0.15, 0.2) is 0 Å². The standard InChI is InChI=1S/C16H17N3O/c1-12(17)15-7-8-16(20-15)14-9-18-19(11-14)10-13-5-3-2-4-6-13/h2-9,11-12H,10,17H2,1H3. The smallest absolute Gasteiger partial charge is 0.137 e. The van der Waals surface area contributed by atoms with Crippen LogP contribution < -0.4 is 5.73 Å². The first-order valence-corrected chi connectivity index (χ1v) is 6.64. The molecule has 0 spiro atoms. The molecular formula is C16H17N3O. The molecule has 3 rings (SSSR count). The maximum Gasteiger partial charge on any atom is 0.137 e. The van der Waals surface area contributed by atoms with Gasteiger partial charge in [0.2, 0.25) is 0 Å². The molecule has 0 saturated carbocycles. The number of furan rings is 1. The quantitative estimate of drug-likeness (QED) is 0.789. The zero-order valence-corrected chi connectivity index (χ0v) is 11.4. The van der Waals surface area contributed by atoms with Gasteiger partial charge in [-0.15, -0.1) is 0 Å². The summed E-state index contributed by atoms with van der Waals surface area (Å²) in [6.45, 7) is 2.66. The third-order valence-electron chi connectivity index (χ3n) is 3.18. The molecule has 1 unspecified atom stereocenters. The fourth-order valence-corrected chi connectivity index (χ4v) is 2.10. The zero-order valence-electron chi connectivity index (χ0n) is 11.4. The number of aromatic nitrogens is 2. The molecule has 0 saturated heterocycles. The highest BCUT2D eigenvalue weighted by atomic mass is 16.3. The van der Waals surface area contributed by atoms with Gasteiger partial charge in [0, 0.05) is 6.20 Å². The number of hydrogen-bond acceptors (Lipinski definition) is 3. The Kier molecular flexibility index (Phi) is 3.39. The molecule has 0 amide bonds. The van der Waals surface area contributed by atoms with Crippen LogP contribution in [-0.4, -0.2) is 9.78 Å². The van der Waals surface area contributed by atoms with Crippen LogP contribution in [0.15, 0.2) is 59.3 Å². The van der Waals surface area contributed by atoms with E-state index in [0.29, 0.717) is 0 Å². The molecule has 2 aromatic heterocycles. The molecule has 0 aliphatic rings. The van der Waals surface area contributed by atoms with E-state index in [1.165, 1.54) is 5.56 Å². The fraction of sp³-hybridized carbons (Fsp3) is 0.188. The summed E-state index contributed by atoms with van der Waals surface area (Å²) in [4.78, 5) is 0. The minimum absolute atomic E-state index is 0.0943. The predicted molar refractivity (Wildman–Crippen MR) is 78.1 cm³/mol. The lowest BCUT2D eigenvalue weighted by Gasteiger charge is -2.00. The average molecular weight is 267 g/mol. The Hall–Kier alpha value is -2.33. The van der Waals surface area contributed by atoms with E-state index >= 15 is 0 Å². The summed E-state index contributed by atoms with van der Waals surface area (Å²) in [5.41, 5.74) is 7.98. The van der Waals surface area contributed by atoms with E-state index in [4.69, 9.17) is 10.2 Å². The first-order valence-electron chi connectivity index (χ1n) is 6.64. The number of nitrogens with two attached hydrogens (primary N) is 1. The molecule has 0 bridgehead atoms. The third-order valence-corrected chi connectivity index (χ3v) is 3.18. The van der Waals surface area contributed by atoms with Gasteiger partial charge in [0.05, 0.1) is 24.3 Å². The molecule has 1 aromatic carbocycles. The third kappa shape index (κ3) is 2.65. The monoisotopic (exact) mass is 267 g/mol.